The Balaban J connectivity index is 1.50. The molecular formula is C31H29F3N4O2. The number of pyridine rings is 2. The number of amides is 2. The summed E-state index contributed by atoms with van der Waals surface area (Å²) in [4.78, 5) is 21.8. The molecular weight excluding hydrogens is 517 g/mol. The van der Waals surface area contributed by atoms with Crippen LogP contribution in [0.3, 0.4) is 0 Å². The van der Waals surface area contributed by atoms with Crippen molar-refractivity contribution in [3.05, 3.63) is 101 Å². The zero-order valence-electron chi connectivity index (χ0n) is 22.3. The number of benzene rings is 2. The number of rotatable bonds is 4. The van der Waals surface area contributed by atoms with E-state index in [-0.39, 0.29) is 11.0 Å². The molecule has 0 radical (unpaired) electrons. The number of anilines is 1. The number of fused-ring (bicyclic) bond motifs is 1. The average molecular weight is 547 g/mol. The number of urea groups is 1. The summed E-state index contributed by atoms with van der Waals surface area (Å²) in [5.74, 6) is 0. The molecule has 6 nitrogen and oxygen atoms in total. The van der Waals surface area contributed by atoms with Gasteiger partial charge in [-0.15, -0.1) is 0 Å². The van der Waals surface area contributed by atoms with Crippen LogP contribution in [0.5, 0.6) is 0 Å². The molecule has 1 aliphatic carbocycles. The van der Waals surface area contributed by atoms with Gasteiger partial charge in [-0.1, -0.05) is 68.4 Å². The molecule has 3 N–H and O–H groups in total. The summed E-state index contributed by atoms with van der Waals surface area (Å²) in [6.07, 6.45) is -2.75. The van der Waals surface area contributed by atoms with Gasteiger partial charge in [-0.25, -0.2) is 9.78 Å². The zero-order valence-corrected chi connectivity index (χ0v) is 22.3. The largest absolute Gasteiger partial charge is 0.417 e. The van der Waals surface area contributed by atoms with Crippen LogP contribution in [0.15, 0.2) is 79.1 Å². The van der Waals surface area contributed by atoms with Crippen molar-refractivity contribution in [2.45, 2.75) is 50.9 Å². The third kappa shape index (κ3) is 5.42. The van der Waals surface area contributed by atoms with Crippen LogP contribution in [0.1, 0.15) is 48.6 Å². The summed E-state index contributed by atoms with van der Waals surface area (Å²) in [5.41, 5.74) is 3.32. The Labute approximate surface area is 230 Å². The first kappa shape index (κ1) is 27.3. The molecule has 0 spiro atoms. The van der Waals surface area contributed by atoms with Crippen molar-refractivity contribution in [2.75, 3.05) is 5.32 Å². The first-order valence-corrected chi connectivity index (χ1v) is 12.9. The van der Waals surface area contributed by atoms with Gasteiger partial charge in [0, 0.05) is 23.5 Å². The fourth-order valence-corrected chi connectivity index (χ4v) is 5.36. The van der Waals surface area contributed by atoms with Gasteiger partial charge in [0.05, 0.1) is 34.8 Å². The minimum atomic E-state index is -4.55. The Bertz CT molecular complexity index is 1550. The zero-order chi connectivity index (χ0) is 28.7. The Morgan fingerprint density at radius 2 is 1.68 bits per heavy atom. The maximum atomic E-state index is 13.4. The Hall–Kier alpha value is -4.24. The van der Waals surface area contributed by atoms with E-state index in [0.717, 1.165) is 23.4 Å². The SMILES string of the molecule is Cc1cc(NC(=O)NC2c3ccccc3C(C)(C)C[C@H]2O)c(-c2ccccc2)nc1-c1cncc(C(F)(F)F)c1. The van der Waals surface area contributed by atoms with Crippen LogP contribution in [0.25, 0.3) is 22.5 Å². The number of carbonyl (C=O) groups is 1. The number of aliphatic hydroxyl groups excluding tert-OH is 1. The predicted molar refractivity (Wildman–Crippen MR) is 148 cm³/mol. The summed E-state index contributed by atoms with van der Waals surface area (Å²) in [6, 6.07) is 18.3. The number of aromatic nitrogens is 2. The van der Waals surface area contributed by atoms with E-state index in [4.69, 9.17) is 4.98 Å². The number of carbonyl (C=O) groups excluding carboxylic acids is 1. The summed E-state index contributed by atoms with van der Waals surface area (Å²) in [5, 5.41) is 16.7. The van der Waals surface area contributed by atoms with Gasteiger partial charge >= 0.3 is 12.2 Å². The van der Waals surface area contributed by atoms with Gasteiger partial charge in [0.15, 0.2) is 0 Å². The minimum absolute atomic E-state index is 0.213. The van der Waals surface area contributed by atoms with Gasteiger partial charge in [0.1, 0.15) is 0 Å². The van der Waals surface area contributed by atoms with E-state index in [9.17, 15) is 23.1 Å². The fourth-order valence-electron chi connectivity index (χ4n) is 5.36. The molecule has 0 fully saturated rings. The third-order valence-electron chi connectivity index (χ3n) is 7.26. The number of hydrogen-bond donors (Lipinski definition) is 3. The highest BCUT2D eigenvalue weighted by Gasteiger charge is 2.39. The molecule has 2 heterocycles. The lowest BCUT2D eigenvalue weighted by Gasteiger charge is -2.40. The third-order valence-corrected chi connectivity index (χ3v) is 7.26. The molecule has 2 atom stereocenters. The van der Waals surface area contributed by atoms with Gasteiger partial charge in [0.25, 0.3) is 0 Å². The van der Waals surface area contributed by atoms with Crippen LogP contribution in [-0.2, 0) is 11.6 Å². The maximum Gasteiger partial charge on any atom is 0.417 e. The van der Waals surface area contributed by atoms with E-state index < -0.39 is 29.9 Å². The summed E-state index contributed by atoms with van der Waals surface area (Å²) in [7, 11) is 0. The summed E-state index contributed by atoms with van der Waals surface area (Å²) < 4.78 is 40.1. The number of alkyl halides is 3. The van der Waals surface area contributed by atoms with Gasteiger partial charge in [0.2, 0.25) is 0 Å². The van der Waals surface area contributed by atoms with Crippen molar-refractivity contribution in [1.82, 2.24) is 15.3 Å². The highest BCUT2D eigenvalue weighted by atomic mass is 19.4. The van der Waals surface area contributed by atoms with Crippen LogP contribution >= 0.6 is 0 Å². The molecule has 2 aromatic carbocycles. The first-order valence-electron chi connectivity index (χ1n) is 12.9. The lowest BCUT2D eigenvalue weighted by atomic mass is 9.70. The number of halogens is 3. The standard InChI is InChI=1S/C31H29F3N4O2/c1-18-13-24(36-29(40)38-28-22-11-7-8-12-23(22)30(2,3)15-25(28)39)27(19-9-5-4-6-10-19)37-26(18)20-14-21(17-35-16-20)31(32,33)34/h4-14,16-17,25,28,39H,15H2,1-3H3,(H2,36,38,40)/t25-,28?/m1/s1. The molecule has 1 aliphatic rings. The lowest BCUT2D eigenvalue weighted by Crippen LogP contribution is -2.45. The van der Waals surface area contributed by atoms with E-state index in [1.807, 2.05) is 42.5 Å². The van der Waals surface area contributed by atoms with Crippen molar-refractivity contribution in [1.29, 1.82) is 0 Å². The monoisotopic (exact) mass is 546 g/mol. The summed E-state index contributed by atoms with van der Waals surface area (Å²) in [6.45, 7) is 5.84. The predicted octanol–water partition coefficient (Wildman–Crippen LogP) is 7.04. The van der Waals surface area contributed by atoms with Crippen molar-refractivity contribution in [3.8, 4) is 22.5 Å². The molecule has 0 bridgehead atoms. The molecule has 4 aromatic rings. The highest BCUT2D eigenvalue weighted by molar-refractivity contribution is 5.94. The molecule has 206 valence electrons. The maximum absolute atomic E-state index is 13.4. The normalized spacial score (nSPS) is 18.1. The molecule has 2 aromatic heterocycles. The molecule has 0 aliphatic heterocycles. The van der Waals surface area contributed by atoms with Crippen LogP contribution in [0.4, 0.5) is 23.7 Å². The molecule has 1 unspecified atom stereocenters. The quantitative estimate of drug-likeness (QED) is 0.256. The number of aryl methyl sites for hydroxylation is 1. The van der Waals surface area contributed by atoms with E-state index in [1.165, 1.54) is 6.20 Å². The summed E-state index contributed by atoms with van der Waals surface area (Å²) >= 11 is 0. The number of hydrogen-bond acceptors (Lipinski definition) is 4. The fraction of sp³-hybridized carbons (Fsp3) is 0.258. The Morgan fingerprint density at radius 3 is 2.40 bits per heavy atom. The first-order chi connectivity index (χ1) is 18.9. The number of nitrogens with one attached hydrogen (secondary N) is 2. The number of nitrogens with zero attached hydrogens (tertiary/aromatic N) is 2. The molecule has 2 amide bonds. The van der Waals surface area contributed by atoms with Gasteiger partial charge in [-0.3, -0.25) is 4.98 Å². The second kappa shape index (κ2) is 10.4. The molecule has 5 rings (SSSR count). The van der Waals surface area contributed by atoms with E-state index in [0.29, 0.717) is 34.6 Å². The van der Waals surface area contributed by atoms with Crippen molar-refractivity contribution in [3.63, 3.8) is 0 Å². The molecule has 40 heavy (non-hydrogen) atoms. The molecule has 0 saturated carbocycles. The van der Waals surface area contributed by atoms with Gasteiger partial charge < -0.3 is 15.7 Å². The number of aliphatic hydroxyl groups is 1. The van der Waals surface area contributed by atoms with Crippen LogP contribution in [0, 0.1) is 6.92 Å². The van der Waals surface area contributed by atoms with Gasteiger partial charge in [-0.2, -0.15) is 13.2 Å². The Morgan fingerprint density at radius 1 is 0.975 bits per heavy atom. The highest BCUT2D eigenvalue weighted by Crippen LogP contribution is 2.42. The minimum Gasteiger partial charge on any atom is -0.391 e. The van der Waals surface area contributed by atoms with Crippen LogP contribution in [0.2, 0.25) is 0 Å². The second-order valence-electron chi connectivity index (χ2n) is 10.7. The van der Waals surface area contributed by atoms with Gasteiger partial charge in [-0.05, 0) is 47.6 Å². The van der Waals surface area contributed by atoms with Crippen LogP contribution in [-0.4, -0.2) is 27.2 Å². The Kier molecular flexibility index (Phi) is 7.10. The van der Waals surface area contributed by atoms with E-state index in [2.05, 4.69) is 29.5 Å². The van der Waals surface area contributed by atoms with Crippen molar-refractivity contribution in [2.24, 2.45) is 0 Å². The second-order valence-corrected chi connectivity index (χ2v) is 10.7. The van der Waals surface area contributed by atoms with E-state index >= 15 is 0 Å². The lowest BCUT2D eigenvalue weighted by molar-refractivity contribution is -0.137. The average Bonchev–Trinajstić information content (AvgIpc) is 2.91. The van der Waals surface area contributed by atoms with E-state index in [1.54, 1.807) is 25.1 Å². The molecule has 0 saturated heterocycles. The van der Waals surface area contributed by atoms with Crippen molar-refractivity contribution >= 4 is 11.7 Å². The smallest absolute Gasteiger partial charge is 0.391 e. The topological polar surface area (TPSA) is 87.1 Å². The molecule has 9 heteroatoms. The van der Waals surface area contributed by atoms with Crippen molar-refractivity contribution < 1.29 is 23.1 Å². The van der Waals surface area contributed by atoms with Crippen LogP contribution < -0.4 is 10.6 Å².